The topological polar surface area (TPSA) is 0 Å². The first-order chi connectivity index (χ1) is 14.5. The molecule has 0 aliphatic heterocycles. The van der Waals surface area contributed by atoms with E-state index in [-0.39, 0.29) is 0 Å². The number of hydrogen-bond donors (Lipinski definition) is 0. The Bertz CT molecular complexity index is 250. The minimum atomic E-state index is 0.325. The van der Waals surface area contributed by atoms with E-state index in [1.165, 1.54) is 89.9 Å². The van der Waals surface area contributed by atoms with Crippen molar-refractivity contribution in [2.24, 2.45) is 11.8 Å². The van der Waals surface area contributed by atoms with Crippen molar-refractivity contribution in [3.63, 3.8) is 0 Å². The van der Waals surface area contributed by atoms with E-state index in [1.54, 1.807) is 34.0 Å². The summed E-state index contributed by atoms with van der Waals surface area (Å²) in [5.74, 6) is 1.84. The molecule has 0 saturated heterocycles. The van der Waals surface area contributed by atoms with E-state index >= 15 is 0 Å². The van der Waals surface area contributed by atoms with E-state index in [0.29, 0.717) is 30.4 Å². The van der Waals surface area contributed by atoms with E-state index in [1.807, 2.05) is 0 Å². The Labute approximate surface area is 207 Å². The van der Waals surface area contributed by atoms with Gasteiger partial charge in [0.1, 0.15) is 0 Å². The summed E-state index contributed by atoms with van der Waals surface area (Å²) in [5, 5.41) is 6.44. The van der Waals surface area contributed by atoms with Crippen LogP contribution in [0.4, 0.5) is 0 Å². The number of hydrogen-bond acceptors (Lipinski definition) is 0. The number of unbranched alkanes of at least 4 members (excludes halogenated alkanes) is 10. The predicted octanol–water partition coefficient (Wildman–Crippen LogP) is 10.1. The Kier molecular flexibility index (Phi) is 33.3. The fourth-order valence-electron chi connectivity index (χ4n) is 4.08. The van der Waals surface area contributed by atoms with Gasteiger partial charge >= 0.3 is 0 Å². The maximum atomic E-state index is 2.33. The van der Waals surface area contributed by atoms with Crippen molar-refractivity contribution in [3.8, 4) is 0 Å². The van der Waals surface area contributed by atoms with E-state index < -0.39 is 0 Å². The van der Waals surface area contributed by atoms with Crippen molar-refractivity contribution in [1.82, 2.24) is 0 Å². The second kappa shape index (κ2) is 30.1. The summed E-state index contributed by atoms with van der Waals surface area (Å²) in [5.41, 5.74) is 0. The SMILES string of the molecule is CC(C)CC[CH2][AlH][CH2]CCC(C)C.CCCCCCC[CH2][AlH][CH2]CCCCCCC. The van der Waals surface area contributed by atoms with E-state index in [9.17, 15) is 0 Å². The molecule has 0 atom stereocenters. The molecule has 0 bridgehead atoms. The highest BCUT2D eigenvalue weighted by Crippen LogP contribution is 2.11. The summed E-state index contributed by atoms with van der Waals surface area (Å²) in [4.78, 5) is 0. The molecule has 0 aromatic rings. The van der Waals surface area contributed by atoms with Crippen LogP contribution in [0.2, 0.25) is 21.1 Å². The van der Waals surface area contributed by atoms with Crippen LogP contribution in [-0.4, -0.2) is 30.4 Å². The standard InChI is InChI=1S/2C8H17.2C6H13.2Al.2H/c2*1-3-5-7-8-6-4-2;2*1-4-5-6(2)3;;;;/h2*1,3-8H2,2H3;2*6H,1,4-5H2,2-3H3;;;;. The molecule has 0 heterocycles. The Morgan fingerprint density at radius 2 is 0.700 bits per heavy atom. The molecule has 180 valence electrons. The lowest BCUT2D eigenvalue weighted by Gasteiger charge is -2.04. The molecule has 0 saturated carbocycles. The molecule has 0 spiro atoms. The van der Waals surface area contributed by atoms with Crippen LogP contribution in [-0.2, 0) is 0 Å². The highest BCUT2D eigenvalue weighted by Gasteiger charge is 1.99. The van der Waals surface area contributed by atoms with Gasteiger partial charge in [-0.2, -0.15) is 0 Å². The van der Waals surface area contributed by atoms with Crippen LogP contribution >= 0.6 is 0 Å². The summed E-state index contributed by atoms with van der Waals surface area (Å²) in [6.45, 7) is 13.9. The third-order valence-electron chi connectivity index (χ3n) is 6.27. The molecule has 30 heavy (non-hydrogen) atoms. The summed E-state index contributed by atoms with van der Waals surface area (Å²) >= 11 is 0.658. The van der Waals surface area contributed by atoms with Crippen LogP contribution in [0.5, 0.6) is 0 Å². The maximum Gasteiger partial charge on any atom is 0.236 e. The Balaban J connectivity index is 0. The van der Waals surface area contributed by atoms with Gasteiger partial charge in [-0.3, -0.25) is 0 Å². The molecule has 0 aromatic heterocycles. The second-order valence-corrected chi connectivity index (χ2v) is 15.0. The van der Waals surface area contributed by atoms with Gasteiger partial charge in [0.2, 0.25) is 30.4 Å². The van der Waals surface area contributed by atoms with Crippen molar-refractivity contribution in [3.05, 3.63) is 0 Å². The molecular weight excluding hydrogens is 390 g/mol. The first kappa shape index (κ1) is 33.2. The van der Waals surface area contributed by atoms with Crippen molar-refractivity contribution in [1.29, 1.82) is 0 Å². The van der Waals surface area contributed by atoms with Crippen molar-refractivity contribution < 1.29 is 0 Å². The average molecular weight is 453 g/mol. The second-order valence-electron chi connectivity index (χ2n) is 10.7. The molecule has 0 radical (unpaired) electrons. The molecule has 0 rings (SSSR count). The highest BCUT2D eigenvalue weighted by molar-refractivity contribution is 6.35. The maximum absolute atomic E-state index is 2.33. The molecule has 0 amide bonds. The number of rotatable bonds is 22. The van der Waals surface area contributed by atoms with Gasteiger partial charge < -0.3 is 0 Å². The first-order valence-corrected chi connectivity index (χ1v) is 18.5. The van der Waals surface area contributed by atoms with Crippen LogP contribution in [0.15, 0.2) is 0 Å². The molecule has 0 aliphatic rings. The molecule has 2 heteroatoms. The molecule has 0 unspecified atom stereocenters. The zero-order valence-electron chi connectivity index (χ0n) is 22.7. The highest BCUT2D eigenvalue weighted by atomic mass is 27.1. The lowest BCUT2D eigenvalue weighted by atomic mass is 10.1. The van der Waals surface area contributed by atoms with Crippen LogP contribution in [0.1, 0.15) is 144 Å². The quantitative estimate of drug-likeness (QED) is 0.113. The van der Waals surface area contributed by atoms with E-state index in [2.05, 4.69) is 41.5 Å². The monoisotopic (exact) mass is 452 g/mol. The van der Waals surface area contributed by atoms with Gasteiger partial charge in [0.05, 0.1) is 0 Å². The zero-order valence-corrected chi connectivity index (χ0v) is 25.5. The van der Waals surface area contributed by atoms with Gasteiger partial charge in [0.25, 0.3) is 0 Å². The molecule has 0 aromatic carbocycles. The Hall–Kier alpha value is 1.06. The van der Waals surface area contributed by atoms with E-state index in [4.69, 9.17) is 0 Å². The fraction of sp³-hybridized carbons (Fsp3) is 1.00. The first-order valence-electron chi connectivity index (χ1n) is 14.5. The van der Waals surface area contributed by atoms with Gasteiger partial charge in [-0.1, -0.05) is 165 Å². The van der Waals surface area contributed by atoms with E-state index in [0.717, 1.165) is 11.8 Å². The predicted molar refractivity (Wildman–Crippen MR) is 148 cm³/mol. The van der Waals surface area contributed by atoms with Gasteiger partial charge in [-0.05, 0) is 11.8 Å². The summed E-state index contributed by atoms with van der Waals surface area (Å²) < 4.78 is 0. The van der Waals surface area contributed by atoms with Gasteiger partial charge in [-0.25, -0.2) is 0 Å². The van der Waals surface area contributed by atoms with Crippen molar-refractivity contribution >= 4 is 30.4 Å². The molecule has 0 nitrogen and oxygen atoms in total. The lowest BCUT2D eigenvalue weighted by Crippen LogP contribution is -1.94. The molecule has 0 N–H and O–H groups in total. The third kappa shape index (κ3) is 36.4. The van der Waals surface area contributed by atoms with Crippen LogP contribution in [0.3, 0.4) is 0 Å². The Morgan fingerprint density at radius 1 is 0.400 bits per heavy atom. The normalized spacial score (nSPS) is 10.9. The lowest BCUT2D eigenvalue weighted by molar-refractivity contribution is 0.568. The molecule has 0 aliphatic carbocycles. The van der Waals surface area contributed by atoms with Crippen molar-refractivity contribution in [2.75, 3.05) is 0 Å². The fourth-order valence-corrected chi connectivity index (χ4v) is 7.49. The van der Waals surface area contributed by atoms with Gasteiger partial charge in [0, 0.05) is 0 Å². The largest absolute Gasteiger partial charge is 0.236 e. The van der Waals surface area contributed by atoms with Gasteiger partial charge in [0.15, 0.2) is 0 Å². The molecule has 0 fully saturated rings. The van der Waals surface area contributed by atoms with Gasteiger partial charge in [-0.15, -0.1) is 0 Å². The summed E-state index contributed by atoms with van der Waals surface area (Å²) in [6, 6.07) is 0. The van der Waals surface area contributed by atoms with Crippen LogP contribution < -0.4 is 0 Å². The zero-order chi connectivity index (χ0) is 22.7. The minimum Gasteiger partial charge on any atom is -0.0972 e. The van der Waals surface area contributed by atoms with Crippen LogP contribution in [0, 0.1) is 11.8 Å². The summed E-state index contributed by atoms with van der Waals surface area (Å²) in [7, 11) is 0. The third-order valence-corrected chi connectivity index (χ3v) is 10.3. The van der Waals surface area contributed by atoms with Crippen LogP contribution in [0.25, 0.3) is 0 Å². The Morgan fingerprint density at radius 3 is 1.03 bits per heavy atom. The summed E-state index contributed by atoms with van der Waals surface area (Å²) in [6.07, 6.45) is 23.7. The smallest absolute Gasteiger partial charge is 0.0972 e. The molecular formula is C28H62Al2. The van der Waals surface area contributed by atoms with Crippen molar-refractivity contribution in [2.45, 2.75) is 165 Å². The minimum absolute atomic E-state index is 0.325. The average Bonchev–Trinajstić information content (AvgIpc) is 2.71.